The van der Waals surface area contributed by atoms with E-state index in [4.69, 9.17) is 4.42 Å². The molecule has 2 heterocycles. The molecule has 314 valence electrons. The van der Waals surface area contributed by atoms with Crippen LogP contribution in [0.2, 0.25) is 0 Å². The van der Waals surface area contributed by atoms with Gasteiger partial charge in [-0.2, -0.15) is 0 Å². The van der Waals surface area contributed by atoms with Crippen molar-refractivity contribution in [2.24, 2.45) is 0 Å². The van der Waals surface area contributed by atoms with Crippen LogP contribution in [0.1, 0.15) is 0 Å². The van der Waals surface area contributed by atoms with Crippen molar-refractivity contribution in [2.45, 2.75) is 0 Å². The number of rotatable bonds is 8. The molecule has 0 amide bonds. The Balaban J connectivity index is 1.05. The number of fused-ring (bicyclic) bond motifs is 7. The number of nitrogens with zero attached hydrogens (tertiary/aromatic N) is 2. The summed E-state index contributed by atoms with van der Waals surface area (Å²) in [5, 5.41) is 7.09. The SMILES string of the molecule is c1ccc(-c2cccc3cccc(-c4ccccc4N(c4cccc(-c5ccc6c(c5)c5ccccc5n6-c5ccccc5)c4)c4ccccc4-c4cccc5oc6ccccc6c45)c23)cc1. The molecule has 0 N–H and O–H groups in total. The minimum atomic E-state index is 0.871. The standard InChI is InChI=1S/C64H42N2O/c1-3-19-43(20-4-1)49-31-16-21-44-22-17-32-53(63(44)49)50-27-7-11-34-57(50)66(58-35-12-8-28-51(58)54-33-18-38-62-64(54)55-30-10-14-37-61(55)67-62)48-26-15-23-45(41-48)46-39-40-60-56(42-46)52-29-9-13-36-59(52)65(60)47-24-5-2-6-25-47/h1-42H. The molecule has 67 heavy (non-hydrogen) atoms. The summed E-state index contributed by atoms with van der Waals surface area (Å²) in [7, 11) is 0. The van der Waals surface area contributed by atoms with E-state index in [1.165, 1.54) is 49.3 Å². The van der Waals surface area contributed by atoms with Crippen molar-refractivity contribution in [2.75, 3.05) is 4.90 Å². The number of anilines is 3. The van der Waals surface area contributed by atoms with E-state index >= 15 is 0 Å². The molecule has 0 bridgehead atoms. The topological polar surface area (TPSA) is 21.3 Å². The Morgan fingerprint density at radius 1 is 0.313 bits per heavy atom. The van der Waals surface area contributed by atoms with Gasteiger partial charge < -0.3 is 13.9 Å². The molecular formula is C64H42N2O. The van der Waals surface area contributed by atoms with E-state index in [9.17, 15) is 0 Å². The highest BCUT2D eigenvalue weighted by molar-refractivity contribution is 6.15. The van der Waals surface area contributed by atoms with Gasteiger partial charge in [0.25, 0.3) is 0 Å². The van der Waals surface area contributed by atoms with Crippen LogP contribution in [0, 0.1) is 0 Å². The fourth-order valence-corrected chi connectivity index (χ4v) is 10.5. The largest absolute Gasteiger partial charge is 0.456 e. The van der Waals surface area contributed by atoms with Gasteiger partial charge in [-0.1, -0.05) is 188 Å². The molecule has 0 fully saturated rings. The summed E-state index contributed by atoms with van der Waals surface area (Å²) in [5.41, 5.74) is 17.7. The number of para-hydroxylation sites is 5. The maximum atomic E-state index is 6.48. The second-order valence-corrected chi connectivity index (χ2v) is 17.2. The van der Waals surface area contributed by atoms with E-state index in [1.54, 1.807) is 0 Å². The minimum absolute atomic E-state index is 0.871. The van der Waals surface area contributed by atoms with Crippen LogP contribution in [0.5, 0.6) is 0 Å². The molecule has 0 aliphatic carbocycles. The van der Waals surface area contributed by atoms with Gasteiger partial charge in [0.2, 0.25) is 0 Å². The van der Waals surface area contributed by atoms with E-state index in [-0.39, 0.29) is 0 Å². The average Bonchev–Trinajstić information content (AvgIpc) is 3.95. The summed E-state index contributed by atoms with van der Waals surface area (Å²) < 4.78 is 8.86. The van der Waals surface area contributed by atoms with Crippen molar-refractivity contribution >= 4 is 71.6 Å². The molecule has 13 aromatic rings. The first-order valence-electron chi connectivity index (χ1n) is 22.9. The zero-order chi connectivity index (χ0) is 44.3. The van der Waals surface area contributed by atoms with Crippen LogP contribution in [-0.4, -0.2) is 4.57 Å². The lowest BCUT2D eigenvalue weighted by Crippen LogP contribution is -2.12. The van der Waals surface area contributed by atoms with Crippen LogP contribution in [0.3, 0.4) is 0 Å². The Bertz CT molecular complexity index is 3990. The second kappa shape index (κ2) is 16.0. The Morgan fingerprint density at radius 2 is 0.851 bits per heavy atom. The Hall–Kier alpha value is -8.92. The van der Waals surface area contributed by atoms with Crippen molar-refractivity contribution < 1.29 is 4.42 Å². The normalized spacial score (nSPS) is 11.6. The van der Waals surface area contributed by atoms with E-state index in [0.717, 1.165) is 72.5 Å². The smallest absolute Gasteiger partial charge is 0.136 e. The van der Waals surface area contributed by atoms with Gasteiger partial charge in [-0.3, -0.25) is 0 Å². The monoisotopic (exact) mass is 854 g/mol. The molecule has 0 spiro atoms. The first kappa shape index (κ1) is 38.5. The van der Waals surface area contributed by atoms with Gasteiger partial charge in [0.05, 0.1) is 22.4 Å². The summed E-state index contributed by atoms with van der Waals surface area (Å²) in [6.45, 7) is 0. The summed E-state index contributed by atoms with van der Waals surface area (Å²) in [6, 6.07) is 92.0. The lowest BCUT2D eigenvalue weighted by Gasteiger charge is -2.30. The molecule has 11 aromatic carbocycles. The first-order chi connectivity index (χ1) is 33.3. The minimum Gasteiger partial charge on any atom is -0.456 e. The van der Waals surface area contributed by atoms with Gasteiger partial charge in [-0.25, -0.2) is 0 Å². The number of hydrogen-bond acceptors (Lipinski definition) is 2. The number of aromatic nitrogens is 1. The summed E-state index contributed by atoms with van der Waals surface area (Å²) in [4.78, 5) is 2.47. The van der Waals surface area contributed by atoms with E-state index < -0.39 is 0 Å². The molecular weight excluding hydrogens is 813 g/mol. The van der Waals surface area contributed by atoms with Crippen LogP contribution in [-0.2, 0) is 0 Å². The maximum Gasteiger partial charge on any atom is 0.136 e. The highest BCUT2D eigenvalue weighted by Gasteiger charge is 2.24. The number of benzene rings is 11. The number of furan rings is 1. The summed E-state index contributed by atoms with van der Waals surface area (Å²) >= 11 is 0. The average molecular weight is 855 g/mol. The van der Waals surface area contributed by atoms with Gasteiger partial charge in [0.15, 0.2) is 0 Å². The molecule has 13 rings (SSSR count). The molecule has 3 nitrogen and oxygen atoms in total. The van der Waals surface area contributed by atoms with Gasteiger partial charge in [0, 0.05) is 44.0 Å². The van der Waals surface area contributed by atoms with Crippen molar-refractivity contribution in [3.8, 4) is 50.2 Å². The number of hydrogen-bond donors (Lipinski definition) is 0. The zero-order valence-electron chi connectivity index (χ0n) is 36.6. The van der Waals surface area contributed by atoms with Gasteiger partial charge in [-0.05, 0) is 111 Å². The summed E-state index contributed by atoms with van der Waals surface area (Å²) in [5.74, 6) is 0. The Kier molecular flexibility index (Phi) is 9.17. The molecule has 0 unspecified atom stereocenters. The third-order valence-corrected chi connectivity index (χ3v) is 13.4. The first-order valence-corrected chi connectivity index (χ1v) is 22.9. The molecule has 0 saturated heterocycles. The van der Waals surface area contributed by atoms with Crippen molar-refractivity contribution in [1.29, 1.82) is 0 Å². The predicted molar refractivity (Wildman–Crippen MR) is 282 cm³/mol. The van der Waals surface area contributed by atoms with Gasteiger partial charge >= 0.3 is 0 Å². The molecule has 3 heteroatoms. The van der Waals surface area contributed by atoms with E-state index in [1.807, 2.05) is 6.07 Å². The quantitative estimate of drug-likeness (QED) is 0.152. The van der Waals surface area contributed by atoms with Gasteiger partial charge in [0.1, 0.15) is 11.2 Å². The summed E-state index contributed by atoms with van der Waals surface area (Å²) in [6.07, 6.45) is 0. The Morgan fingerprint density at radius 3 is 1.63 bits per heavy atom. The van der Waals surface area contributed by atoms with Crippen LogP contribution >= 0.6 is 0 Å². The zero-order valence-corrected chi connectivity index (χ0v) is 36.6. The van der Waals surface area contributed by atoms with Gasteiger partial charge in [-0.15, -0.1) is 0 Å². The molecule has 0 atom stereocenters. The van der Waals surface area contributed by atoms with Crippen LogP contribution in [0.15, 0.2) is 259 Å². The van der Waals surface area contributed by atoms with Crippen LogP contribution < -0.4 is 4.90 Å². The van der Waals surface area contributed by atoms with Crippen LogP contribution in [0.4, 0.5) is 17.1 Å². The van der Waals surface area contributed by atoms with Crippen LogP contribution in [0.25, 0.3) is 105 Å². The highest BCUT2D eigenvalue weighted by Crippen LogP contribution is 2.49. The van der Waals surface area contributed by atoms with Crippen molar-refractivity contribution in [3.63, 3.8) is 0 Å². The Labute approximate surface area is 388 Å². The van der Waals surface area contributed by atoms with E-state index in [2.05, 4.69) is 258 Å². The molecule has 0 saturated carbocycles. The second-order valence-electron chi connectivity index (χ2n) is 17.2. The molecule has 0 radical (unpaired) electrons. The maximum absolute atomic E-state index is 6.48. The molecule has 2 aromatic heterocycles. The predicted octanol–water partition coefficient (Wildman–Crippen LogP) is 18.0. The van der Waals surface area contributed by atoms with Crippen molar-refractivity contribution in [3.05, 3.63) is 255 Å². The lowest BCUT2D eigenvalue weighted by molar-refractivity contribution is 0.669. The fourth-order valence-electron chi connectivity index (χ4n) is 10.5. The third-order valence-electron chi connectivity index (χ3n) is 13.4. The fraction of sp³-hybridized carbons (Fsp3) is 0. The van der Waals surface area contributed by atoms with E-state index in [0.29, 0.717) is 0 Å². The molecule has 0 aliphatic rings. The third kappa shape index (κ3) is 6.43. The molecule has 0 aliphatic heterocycles. The lowest BCUT2D eigenvalue weighted by atomic mass is 9.90. The van der Waals surface area contributed by atoms with Crippen molar-refractivity contribution in [1.82, 2.24) is 4.57 Å². The highest BCUT2D eigenvalue weighted by atomic mass is 16.3.